The van der Waals surface area contributed by atoms with Crippen LogP contribution in [0.15, 0.2) is 46.9 Å². The quantitative estimate of drug-likeness (QED) is 0.705. The number of aromatic hydroxyl groups is 1. The van der Waals surface area contributed by atoms with Gasteiger partial charge in [0.2, 0.25) is 5.89 Å². The largest absolute Gasteiger partial charge is 0.507 e. The number of aromatic nitrogens is 1. The third-order valence-corrected chi connectivity index (χ3v) is 5.77. The predicted molar refractivity (Wildman–Crippen MR) is 109 cm³/mol. The summed E-state index contributed by atoms with van der Waals surface area (Å²) < 4.78 is 5.81. The highest BCUT2D eigenvalue weighted by Crippen LogP contribution is 2.32. The Morgan fingerprint density at radius 3 is 2.64 bits per heavy atom. The van der Waals surface area contributed by atoms with E-state index in [0.29, 0.717) is 34.0 Å². The van der Waals surface area contributed by atoms with Gasteiger partial charge < -0.3 is 19.7 Å². The molecule has 28 heavy (non-hydrogen) atoms. The molecule has 3 aliphatic rings. The molecule has 1 amide bonds. The molecule has 3 aliphatic heterocycles. The van der Waals surface area contributed by atoms with Gasteiger partial charge in [0.25, 0.3) is 5.91 Å². The van der Waals surface area contributed by atoms with Crippen LogP contribution in [0.5, 0.6) is 5.75 Å². The Balaban J connectivity index is 0.00000192. The lowest BCUT2D eigenvalue weighted by molar-refractivity contribution is 0.0621. The molecule has 3 fully saturated rings. The van der Waals surface area contributed by atoms with Crippen molar-refractivity contribution in [2.45, 2.75) is 18.9 Å². The Hall–Kier alpha value is -2.57. The first-order valence-electron chi connectivity index (χ1n) is 9.40. The molecule has 6 rings (SSSR count). The molecular formula is C21H22ClN3O3. The van der Waals surface area contributed by atoms with E-state index in [4.69, 9.17) is 4.42 Å². The van der Waals surface area contributed by atoms with Crippen LogP contribution in [0.1, 0.15) is 23.2 Å². The highest BCUT2D eigenvalue weighted by Gasteiger charge is 2.35. The van der Waals surface area contributed by atoms with Gasteiger partial charge in [0.1, 0.15) is 11.3 Å². The van der Waals surface area contributed by atoms with Gasteiger partial charge in [0.05, 0.1) is 11.1 Å². The number of carbonyl (C=O) groups excluding carboxylic acids is 1. The number of hydrogen-bond acceptors (Lipinski definition) is 5. The molecular weight excluding hydrogens is 378 g/mol. The molecule has 0 spiro atoms. The zero-order chi connectivity index (χ0) is 18.4. The van der Waals surface area contributed by atoms with Crippen molar-refractivity contribution in [2.24, 2.45) is 5.92 Å². The van der Waals surface area contributed by atoms with E-state index in [1.54, 1.807) is 36.4 Å². The van der Waals surface area contributed by atoms with Crippen molar-refractivity contribution in [2.75, 3.05) is 19.6 Å². The van der Waals surface area contributed by atoms with Gasteiger partial charge in [-0.15, -0.1) is 12.4 Å². The molecule has 0 radical (unpaired) electrons. The third-order valence-electron chi connectivity index (χ3n) is 5.77. The molecule has 3 saturated heterocycles. The standard InChI is InChI=1S/C21H21N3O3.ClH/c25-17-6-2-1-4-14(17)21-23-19-15(5-3-7-18(19)27-21)20(26)22-16-12-24-10-8-13(16)9-11-24;/h1-7,13,16,25H,8-12H2,(H,22,26);1H/t16-;/m1./s1. The summed E-state index contributed by atoms with van der Waals surface area (Å²) in [7, 11) is 0. The minimum Gasteiger partial charge on any atom is -0.507 e. The van der Waals surface area contributed by atoms with Crippen molar-refractivity contribution < 1.29 is 14.3 Å². The number of halogens is 1. The van der Waals surface area contributed by atoms with E-state index < -0.39 is 0 Å². The van der Waals surface area contributed by atoms with Gasteiger partial charge in [-0.1, -0.05) is 18.2 Å². The summed E-state index contributed by atoms with van der Waals surface area (Å²) in [6.07, 6.45) is 2.30. The lowest BCUT2D eigenvalue weighted by atomic mass is 9.84. The summed E-state index contributed by atoms with van der Waals surface area (Å²) in [4.78, 5) is 19.9. The molecule has 1 atom stereocenters. The molecule has 3 aromatic rings. The second kappa shape index (κ2) is 7.45. The van der Waals surface area contributed by atoms with Crippen molar-refractivity contribution in [1.29, 1.82) is 0 Å². The maximum absolute atomic E-state index is 13.0. The Morgan fingerprint density at radius 1 is 1.14 bits per heavy atom. The number of benzene rings is 2. The lowest BCUT2D eigenvalue weighted by Crippen LogP contribution is -2.57. The summed E-state index contributed by atoms with van der Waals surface area (Å²) in [5, 5.41) is 13.3. The van der Waals surface area contributed by atoms with Crippen LogP contribution in [-0.4, -0.2) is 46.6 Å². The normalized spacial score (nSPS) is 23.4. The molecule has 7 heteroatoms. The van der Waals surface area contributed by atoms with E-state index in [1.165, 1.54) is 0 Å². The molecule has 4 heterocycles. The molecule has 0 saturated carbocycles. The molecule has 146 valence electrons. The van der Waals surface area contributed by atoms with Crippen molar-refractivity contribution in [3.63, 3.8) is 0 Å². The van der Waals surface area contributed by atoms with Gasteiger partial charge in [-0.05, 0) is 56.1 Å². The van der Waals surface area contributed by atoms with Gasteiger partial charge in [0.15, 0.2) is 5.58 Å². The van der Waals surface area contributed by atoms with Gasteiger partial charge >= 0.3 is 0 Å². The third kappa shape index (κ3) is 3.23. The van der Waals surface area contributed by atoms with Crippen LogP contribution in [0.2, 0.25) is 0 Å². The number of phenolic OH excluding ortho intramolecular Hbond substituents is 1. The highest BCUT2D eigenvalue weighted by molar-refractivity contribution is 6.05. The van der Waals surface area contributed by atoms with E-state index in [1.807, 2.05) is 6.07 Å². The lowest BCUT2D eigenvalue weighted by Gasteiger charge is -2.44. The van der Waals surface area contributed by atoms with E-state index in [2.05, 4.69) is 15.2 Å². The summed E-state index contributed by atoms with van der Waals surface area (Å²) >= 11 is 0. The molecule has 2 aromatic carbocycles. The smallest absolute Gasteiger partial charge is 0.253 e. The minimum absolute atomic E-state index is 0. The van der Waals surface area contributed by atoms with Crippen molar-refractivity contribution in [1.82, 2.24) is 15.2 Å². The topological polar surface area (TPSA) is 78.6 Å². The van der Waals surface area contributed by atoms with Gasteiger partial charge in [-0.2, -0.15) is 0 Å². The fourth-order valence-corrected chi connectivity index (χ4v) is 4.28. The zero-order valence-electron chi connectivity index (χ0n) is 15.3. The minimum atomic E-state index is -0.114. The number of fused-ring (bicyclic) bond motifs is 4. The number of oxazole rings is 1. The number of para-hydroxylation sites is 2. The number of piperidine rings is 3. The van der Waals surface area contributed by atoms with Gasteiger partial charge in [-0.3, -0.25) is 4.79 Å². The fourth-order valence-electron chi connectivity index (χ4n) is 4.28. The summed E-state index contributed by atoms with van der Waals surface area (Å²) in [6.45, 7) is 3.20. The fraction of sp³-hybridized carbons (Fsp3) is 0.333. The van der Waals surface area contributed by atoms with E-state index in [9.17, 15) is 9.90 Å². The van der Waals surface area contributed by atoms with Crippen LogP contribution in [0.25, 0.3) is 22.6 Å². The Bertz CT molecular complexity index is 1010. The second-order valence-electron chi connectivity index (χ2n) is 7.41. The summed E-state index contributed by atoms with van der Waals surface area (Å²) in [5.74, 6) is 0.859. The van der Waals surface area contributed by atoms with Crippen LogP contribution in [0.3, 0.4) is 0 Å². The monoisotopic (exact) mass is 399 g/mol. The number of nitrogens with one attached hydrogen (secondary N) is 1. The average molecular weight is 400 g/mol. The predicted octanol–water partition coefficient (Wildman–Crippen LogP) is 3.45. The second-order valence-corrected chi connectivity index (χ2v) is 7.41. The highest BCUT2D eigenvalue weighted by atomic mass is 35.5. The summed E-state index contributed by atoms with van der Waals surface area (Å²) in [5.41, 5.74) is 2.08. The molecule has 2 bridgehead atoms. The van der Waals surface area contributed by atoms with E-state index in [-0.39, 0.29) is 30.1 Å². The van der Waals surface area contributed by atoms with E-state index in [0.717, 1.165) is 32.5 Å². The van der Waals surface area contributed by atoms with Gasteiger partial charge in [-0.25, -0.2) is 4.98 Å². The van der Waals surface area contributed by atoms with E-state index >= 15 is 0 Å². The first kappa shape index (κ1) is 18.8. The number of carbonyl (C=O) groups is 1. The molecule has 0 unspecified atom stereocenters. The van der Waals surface area contributed by atoms with Crippen LogP contribution < -0.4 is 5.32 Å². The Kier molecular flexibility index (Phi) is 5.00. The number of nitrogens with zero attached hydrogens (tertiary/aromatic N) is 2. The number of amides is 1. The molecule has 6 nitrogen and oxygen atoms in total. The van der Waals surface area contributed by atoms with Crippen LogP contribution in [-0.2, 0) is 0 Å². The molecule has 0 aliphatic carbocycles. The Labute approximate surface area is 169 Å². The summed E-state index contributed by atoms with van der Waals surface area (Å²) in [6, 6.07) is 12.4. The zero-order valence-corrected chi connectivity index (χ0v) is 16.1. The van der Waals surface area contributed by atoms with Crippen molar-refractivity contribution in [3.8, 4) is 17.2 Å². The Morgan fingerprint density at radius 2 is 1.93 bits per heavy atom. The number of phenols is 1. The van der Waals surface area contributed by atoms with Gasteiger partial charge in [0, 0.05) is 12.6 Å². The molecule has 2 N–H and O–H groups in total. The van der Waals surface area contributed by atoms with Crippen molar-refractivity contribution in [3.05, 3.63) is 48.0 Å². The SMILES string of the molecule is Cl.O=C(N[C@@H]1CN2CCC1CC2)c1cccc2oc(-c3ccccc3O)nc12. The maximum Gasteiger partial charge on any atom is 0.253 e. The number of hydrogen-bond donors (Lipinski definition) is 2. The first-order chi connectivity index (χ1) is 13.2. The van der Waals surface area contributed by atoms with Crippen LogP contribution in [0, 0.1) is 5.92 Å². The number of rotatable bonds is 3. The first-order valence-corrected chi connectivity index (χ1v) is 9.40. The van der Waals surface area contributed by atoms with Crippen molar-refractivity contribution >= 4 is 29.4 Å². The maximum atomic E-state index is 13.0. The van der Waals surface area contributed by atoms with Crippen LogP contribution >= 0.6 is 12.4 Å². The molecule has 1 aromatic heterocycles. The van der Waals surface area contributed by atoms with Crippen LogP contribution in [0.4, 0.5) is 0 Å². The average Bonchev–Trinajstić information content (AvgIpc) is 3.13.